The quantitative estimate of drug-likeness (QED) is 0.580. The number of carbonyl (C=O) groups excluding carboxylic acids is 2. The molecule has 5 nitrogen and oxygen atoms in total. The standard InChI is InChI=1S/C22H24Cl2N2O3/c1-4-11-26(14-21(27)25-19-13-17(23)7-8-18(19)24)22(28)10-6-16-12-15(2)5-9-20(16)29-3/h5-10,12-13H,4,11,14H2,1-3H3,(H,25,27)/b10-6+. The van der Waals surface area contributed by atoms with Crippen LogP contribution >= 0.6 is 23.2 Å². The van der Waals surface area contributed by atoms with Gasteiger partial charge in [0.2, 0.25) is 11.8 Å². The molecule has 0 aromatic heterocycles. The third-order valence-corrected chi connectivity index (χ3v) is 4.70. The van der Waals surface area contributed by atoms with E-state index in [1.54, 1.807) is 31.4 Å². The molecule has 0 bridgehead atoms. The lowest BCUT2D eigenvalue weighted by atomic mass is 10.1. The van der Waals surface area contributed by atoms with Crippen LogP contribution in [0.1, 0.15) is 24.5 Å². The summed E-state index contributed by atoms with van der Waals surface area (Å²) in [6.45, 7) is 4.27. The Morgan fingerprint density at radius 2 is 1.93 bits per heavy atom. The van der Waals surface area contributed by atoms with Crippen molar-refractivity contribution in [2.24, 2.45) is 0 Å². The van der Waals surface area contributed by atoms with Gasteiger partial charge in [-0.3, -0.25) is 9.59 Å². The van der Waals surface area contributed by atoms with Crippen LogP contribution in [0.4, 0.5) is 5.69 Å². The van der Waals surface area contributed by atoms with Gasteiger partial charge in [-0.05, 0) is 49.8 Å². The fraction of sp³-hybridized carbons (Fsp3) is 0.273. The van der Waals surface area contributed by atoms with Gasteiger partial charge in [0.25, 0.3) is 0 Å². The molecule has 0 fully saturated rings. The first-order valence-electron chi connectivity index (χ1n) is 9.20. The van der Waals surface area contributed by atoms with E-state index in [1.165, 1.54) is 11.0 Å². The van der Waals surface area contributed by atoms with Gasteiger partial charge in [0.15, 0.2) is 0 Å². The summed E-state index contributed by atoms with van der Waals surface area (Å²) in [5.74, 6) is 0.0651. The van der Waals surface area contributed by atoms with Gasteiger partial charge in [-0.2, -0.15) is 0 Å². The number of halogens is 2. The topological polar surface area (TPSA) is 58.6 Å². The number of carbonyl (C=O) groups is 2. The van der Waals surface area contributed by atoms with E-state index in [0.717, 1.165) is 17.5 Å². The van der Waals surface area contributed by atoms with Crippen LogP contribution in [0.5, 0.6) is 5.75 Å². The molecule has 1 N–H and O–H groups in total. The summed E-state index contributed by atoms with van der Waals surface area (Å²) in [7, 11) is 1.58. The lowest BCUT2D eigenvalue weighted by molar-refractivity contribution is -0.130. The second kappa shape index (κ2) is 10.9. The number of anilines is 1. The number of ether oxygens (including phenoxy) is 1. The zero-order chi connectivity index (χ0) is 21.4. The second-order valence-electron chi connectivity index (χ2n) is 6.51. The van der Waals surface area contributed by atoms with Crippen LogP contribution in [-0.2, 0) is 9.59 Å². The largest absolute Gasteiger partial charge is 0.496 e. The van der Waals surface area contributed by atoms with Crippen molar-refractivity contribution in [1.29, 1.82) is 0 Å². The van der Waals surface area contributed by atoms with Crippen molar-refractivity contribution in [2.45, 2.75) is 20.3 Å². The van der Waals surface area contributed by atoms with Crippen molar-refractivity contribution in [3.63, 3.8) is 0 Å². The molecular formula is C22H24Cl2N2O3. The highest BCUT2D eigenvalue weighted by molar-refractivity contribution is 6.35. The van der Waals surface area contributed by atoms with E-state index in [-0.39, 0.29) is 18.4 Å². The van der Waals surface area contributed by atoms with Crippen molar-refractivity contribution in [3.05, 3.63) is 63.6 Å². The number of hydrogen-bond acceptors (Lipinski definition) is 3. The first-order chi connectivity index (χ1) is 13.8. The minimum atomic E-state index is -0.350. The van der Waals surface area contributed by atoms with Crippen LogP contribution in [0.2, 0.25) is 10.0 Å². The van der Waals surface area contributed by atoms with E-state index in [9.17, 15) is 9.59 Å². The summed E-state index contributed by atoms with van der Waals surface area (Å²) < 4.78 is 5.33. The molecule has 0 radical (unpaired) electrons. The molecule has 2 rings (SSSR count). The van der Waals surface area contributed by atoms with E-state index in [0.29, 0.717) is 28.0 Å². The third kappa shape index (κ3) is 6.80. The molecule has 0 saturated carbocycles. The predicted octanol–water partition coefficient (Wildman–Crippen LogP) is 5.20. The number of benzene rings is 2. The number of hydrogen-bond donors (Lipinski definition) is 1. The molecule has 2 aromatic rings. The number of amides is 2. The number of nitrogens with one attached hydrogen (secondary N) is 1. The second-order valence-corrected chi connectivity index (χ2v) is 7.35. The Kier molecular flexibility index (Phi) is 8.55. The number of nitrogens with zero attached hydrogens (tertiary/aromatic N) is 1. The maximum atomic E-state index is 12.7. The van der Waals surface area contributed by atoms with Gasteiger partial charge in [-0.1, -0.05) is 41.8 Å². The summed E-state index contributed by atoms with van der Waals surface area (Å²) in [5, 5.41) is 3.54. The first-order valence-corrected chi connectivity index (χ1v) is 9.96. The Labute approximate surface area is 181 Å². The van der Waals surface area contributed by atoms with E-state index in [4.69, 9.17) is 27.9 Å². The summed E-state index contributed by atoms with van der Waals surface area (Å²) in [6.07, 6.45) is 3.87. The van der Waals surface area contributed by atoms with Crippen molar-refractivity contribution < 1.29 is 14.3 Å². The Bertz CT molecular complexity index is 913. The van der Waals surface area contributed by atoms with E-state index in [1.807, 2.05) is 32.0 Å². The van der Waals surface area contributed by atoms with E-state index >= 15 is 0 Å². The Morgan fingerprint density at radius 1 is 1.17 bits per heavy atom. The summed E-state index contributed by atoms with van der Waals surface area (Å²) in [5.41, 5.74) is 2.27. The third-order valence-electron chi connectivity index (χ3n) is 4.13. The van der Waals surface area contributed by atoms with Gasteiger partial charge >= 0.3 is 0 Å². The van der Waals surface area contributed by atoms with Crippen molar-refractivity contribution in [1.82, 2.24) is 4.90 Å². The van der Waals surface area contributed by atoms with Crippen LogP contribution < -0.4 is 10.1 Å². The Hall–Kier alpha value is -2.50. The van der Waals surface area contributed by atoms with Crippen LogP contribution in [0.3, 0.4) is 0 Å². The summed E-state index contributed by atoms with van der Waals surface area (Å²) >= 11 is 12.0. The lowest BCUT2D eigenvalue weighted by Gasteiger charge is -2.20. The van der Waals surface area contributed by atoms with Crippen LogP contribution in [-0.4, -0.2) is 36.9 Å². The van der Waals surface area contributed by atoms with Crippen molar-refractivity contribution in [2.75, 3.05) is 25.5 Å². The van der Waals surface area contributed by atoms with Gasteiger partial charge < -0.3 is 15.0 Å². The number of rotatable bonds is 8. The van der Waals surface area contributed by atoms with Crippen LogP contribution in [0, 0.1) is 6.92 Å². The molecule has 2 aromatic carbocycles. The molecule has 0 heterocycles. The van der Waals surface area contributed by atoms with Gasteiger partial charge in [-0.15, -0.1) is 0 Å². The monoisotopic (exact) mass is 434 g/mol. The highest BCUT2D eigenvalue weighted by atomic mass is 35.5. The zero-order valence-electron chi connectivity index (χ0n) is 16.7. The Morgan fingerprint density at radius 3 is 2.62 bits per heavy atom. The smallest absolute Gasteiger partial charge is 0.247 e. The van der Waals surface area contributed by atoms with Crippen molar-refractivity contribution >= 4 is 46.8 Å². The highest BCUT2D eigenvalue weighted by Crippen LogP contribution is 2.25. The summed E-state index contributed by atoms with van der Waals surface area (Å²) in [4.78, 5) is 26.6. The molecule has 0 spiro atoms. The molecular weight excluding hydrogens is 411 g/mol. The fourth-order valence-electron chi connectivity index (χ4n) is 2.74. The van der Waals surface area contributed by atoms with Gasteiger partial charge in [0.1, 0.15) is 12.3 Å². The Balaban J connectivity index is 2.10. The number of methoxy groups -OCH3 is 1. The van der Waals surface area contributed by atoms with Gasteiger partial charge in [-0.25, -0.2) is 0 Å². The molecule has 0 aliphatic rings. The average Bonchev–Trinajstić information content (AvgIpc) is 2.68. The lowest BCUT2D eigenvalue weighted by Crippen LogP contribution is -2.37. The average molecular weight is 435 g/mol. The molecule has 154 valence electrons. The first kappa shape index (κ1) is 22.8. The van der Waals surface area contributed by atoms with E-state index in [2.05, 4.69) is 5.32 Å². The molecule has 0 unspecified atom stereocenters. The molecule has 2 amide bonds. The normalized spacial score (nSPS) is 10.8. The highest BCUT2D eigenvalue weighted by Gasteiger charge is 2.16. The molecule has 0 aliphatic carbocycles. The summed E-state index contributed by atoms with van der Waals surface area (Å²) in [6, 6.07) is 10.5. The van der Waals surface area contributed by atoms with Gasteiger partial charge in [0.05, 0.1) is 17.8 Å². The minimum absolute atomic E-state index is 0.0925. The molecule has 0 aliphatic heterocycles. The SMILES string of the molecule is CCCN(CC(=O)Nc1cc(Cl)ccc1Cl)C(=O)/C=C/c1cc(C)ccc1OC. The molecule has 0 atom stereocenters. The van der Waals surface area contributed by atoms with Crippen molar-refractivity contribution in [3.8, 4) is 5.75 Å². The molecule has 0 saturated heterocycles. The van der Waals surface area contributed by atoms with Gasteiger partial charge in [0, 0.05) is 23.2 Å². The maximum Gasteiger partial charge on any atom is 0.247 e. The zero-order valence-corrected chi connectivity index (χ0v) is 18.2. The number of aryl methyl sites for hydroxylation is 1. The molecule has 29 heavy (non-hydrogen) atoms. The minimum Gasteiger partial charge on any atom is -0.496 e. The van der Waals surface area contributed by atoms with E-state index < -0.39 is 0 Å². The van der Waals surface area contributed by atoms with Crippen LogP contribution in [0.25, 0.3) is 6.08 Å². The molecule has 7 heteroatoms. The van der Waals surface area contributed by atoms with Crippen LogP contribution in [0.15, 0.2) is 42.5 Å². The fourth-order valence-corrected chi connectivity index (χ4v) is 3.08. The predicted molar refractivity (Wildman–Crippen MR) is 119 cm³/mol. The maximum absolute atomic E-state index is 12.7.